The van der Waals surface area contributed by atoms with Gasteiger partial charge in [-0.25, -0.2) is 0 Å². The molecule has 1 fully saturated rings. The Kier molecular flexibility index (Phi) is 5.98. The summed E-state index contributed by atoms with van der Waals surface area (Å²) in [5.74, 6) is 0.602. The second kappa shape index (κ2) is 8.49. The third-order valence-electron chi connectivity index (χ3n) is 4.75. The summed E-state index contributed by atoms with van der Waals surface area (Å²) >= 11 is -1.50. The maximum atomic E-state index is 13.4. The zero-order valence-electron chi connectivity index (χ0n) is 15.9. The number of anilines is 2. The van der Waals surface area contributed by atoms with Gasteiger partial charge in [0.1, 0.15) is 0 Å². The van der Waals surface area contributed by atoms with Gasteiger partial charge in [0.2, 0.25) is 0 Å². The molecule has 2 aliphatic rings. The number of halogens is 4. The predicted molar refractivity (Wildman–Crippen MR) is 118 cm³/mol. The van der Waals surface area contributed by atoms with E-state index in [-0.39, 0.29) is 0 Å². The van der Waals surface area contributed by atoms with Crippen LogP contribution in [0.25, 0.3) is 0 Å². The number of nitrogens with zero attached hydrogens (tertiary/aromatic N) is 2. The van der Waals surface area contributed by atoms with Crippen LogP contribution in [0.15, 0.2) is 47.5 Å². The van der Waals surface area contributed by atoms with Gasteiger partial charge in [-0.3, -0.25) is 0 Å². The fraction of sp³-hybridized carbons (Fsp3) is 0.350. The Balaban J connectivity index is 1.77. The number of methoxy groups -OCH3 is 1. The molecule has 0 spiro atoms. The van der Waals surface area contributed by atoms with Gasteiger partial charge in [-0.2, -0.15) is 0 Å². The summed E-state index contributed by atoms with van der Waals surface area (Å²) < 4.78 is 50.8. The molecule has 0 aliphatic carbocycles. The number of amidine groups is 1. The quantitative estimate of drug-likeness (QED) is 0.266. The van der Waals surface area contributed by atoms with E-state index in [0.717, 1.165) is 33.0 Å². The van der Waals surface area contributed by atoms with Crippen LogP contribution >= 0.6 is 20.1 Å². The first-order chi connectivity index (χ1) is 14.0. The fourth-order valence-electron chi connectivity index (χ4n) is 3.30. The molecular formula is C20H22F3IN4O. The van der Waals surface area contributed by atoms with Crippen molar-refractivity contribution in [2.24, 2.45) is 4.99 Å². The Labute approximate surface area is 175 Å². The molecule has 5 nitrogen and oxygen atoms in total. The Hall–Kier alpha value is -1.85. The molecule has 2 heterocycles. The van der Waals surface area contributed by atoms with E-state index in [9.17, 15) is 13.2 Å². The van der Waals surface area contributed by atoms with Gasteiger partial charge in [0.05, 0.1) is 0 Å². The van der Waals surface area contributed by atoms with Gasteiger partial charge in [0, 0.05) is 0 Å². The van der Waals surface area contributed by atoms with E-state index in [1.165, 1.54) is 12.1 Å². The molecule has 0 radical (unpaired) electrons. The van der Waals surface area contributed by atoms with Crippen LogP contribution in [0.3, 0.4) is 0 Å². The standard InChI is InChI=1S/C20H22F3IN4O/c1-29-11-8-24-13-28(10-9-25-24)19-15-12-14(20(21,22)23)6-7-16(15)26-17-4-2-3-5-18(17)27-19/h2-7,12,25-26H,8-11,13H2,1H3. The number of hydrogen-bond acceptors (Lipinski definition) is 5. The van der Waals surface area contributed by atoms with Crippen LogP contribution in [0, 0.1) is 0 Å². The molecule has 2 aromatic carbocycles. The first-order valence-corrected chi connectivity index (χ1v) is 13.3. The van der Waals surface area contributed by atoms with E-state index in [0.29, 0.717) is 30.2 Å². The molecule has 0 bridgehead atoms. The Bertz CT molecular complexity index is 919. The molecule has 0 amide bonds. The molecule has 0 saturated carbocycles. The number of ether oxygens (including phenoxy) is 1. The minimum atomic E-state index is -4.40. The molecule has 9 heteroatoms. The number of alkyl halides is 5. The predicted octanol–water partition coefficient (Wildman–Crippen LogP) is 4.77. The summed E-state index contributed by atoms with van der Waals surface area (Å²) in [5, 5.41) is 3.26. The Morgan fingerprint density at radius 2 is 2.00 bits per heavy atom. The van der Waals surface area contributed by atoms with Crippen LogP contribution in [0.2, 0.25) is 0 Å². The van der Waals surface area contributed by atoms with Crippen LogP contribution in [0.5, 0.6) is 0 Å². The molecule has 29 heavy (non-hydrogen) atoms. The summed E-state index contributed by atoms with van der Waals surface area (Å²) in [4.78, 5) is 6.96. The van der Waals surface area contributed by atoms with Crippen molar-refractivity contribution in [3.63, 3.8) is 0 Å². The first-order valence-electron chi connectivity index (χ1n) is 9.21. The average molecular weight is 518 g/mol. The van der Waals surface area contributed by atoms with Crippen molar-refractivity contribution in [2.75, 3.05) is 41.1 Å². The number of benzene rings is 2. The maximum absolute atomic E-state index is 13.4. The molecular weight excluding hydrogens is 496 g/mol. The number of aliphatic imine (C=N–C) groups is 1. The summed E-state index contributed by atoms with van der Waals surface area (Å²) in [6.45, 7) is 2.20. The summed E-state index contributed by atoms with van der Waals surface area (Å²) in [5.41, 5.74) is 1.97. The number of para-hydroxylation sites is 2. The van der Waals surface area contributed by atoms with Gasteiger partial charge < -0.3 is 0 Å². The second-order valence-corrected chi connectivity index (χ2v) is 11.9. The van der Waals surface area contributed by atoms with Crippen molar-refractivity contribution < 1.29 is 17.9 Å². The molecule has 2 N–H and O–H groups in total. The van der Waals surface area contributed by atoms with E-state index in [4.69, 9.17) is 9.73 Å². The molecule has 1 saturated heterocycles. The Morgan fingerprint density at radius 3 is 2.79 bits per heavy atom. The van der Waals surface area contributed by atoms with Gasteiger partial charge in [-0.05, 0) is 0 Å². The third-order valence-corrected chi connectivity index (χ3v) is 9.76. The van der Waals surface area contributed by atoms with Gasteiger partial charge in [-0.1, -0.05) is 0 Å². The average Bonchev–Trinajstić information content (AvgIpc) is 2.88. The second-order valence-electron chi connectivity index (χ2n) is 6.74. The van der Waals surface area contributed by atoms with Crippen LogP contribution in [0.1, 0.15) is 11.1 Å². The number of fused-ring (bicyclic) bond motifs is 2. The SMILES string of the molecule is COCCI1CN(C2=Nc3ccccc3Nc3ccc(C(F)(F)F)cc32)CCN1. The molecule has 156 valence electrons. The molecule has 0 unspecified atom stereocenters. The van der Waals surface area contributed by atoms with Crippen LogP contribution in [0.4, 0.5) is 30.2 Å². The van der Waals surface area contributed by atoms with Crippen LogP contribution in [-0.2, 0) is 10.9 Å². The third kappa shape index (κ3) is 4.51. The number of hydrogen-bond donors (Lipinski definition) is 2. The fourth-order valence-corrected chi connectivity index (χ4v) is 7.90. The monoisotopic (exact) mass is 518 g/mol. The Morgan fingerprint density at radius 1 is 1.17 bits per heavy atom. The van der Waals surface area contributed by atoms with Crippen molar-refractivity contribution in [2.45, 2.75) is 6.18 Å². The van der Waals surface area contributed by atoms with Gasteiger partial charge in [-0.15, -0.1) is 0 Å². The van der Waals surface area contributed by atoms with E-state index in [1.54, 1.807) is 7.11 Å². The summed E-state index contributed by atoms with van der Waals surface area (Å²) in [7, 11) is 1.69. The van der Waals surface area contributed by atoms with Crippen molar-refractivity contribution >= 4 is 43.0 Å². The summed E-state index contributed by atoms with van der Waals surface area (Å²) in [6, 6.07) is 11.4. The van der Waals surface area contributed by atoms with Crippen molar-refractivity contribution in [3.05, 3.63) is 53.6 Å². The van der Waals surface area contributed by atoms with Crippen LogP contribution in [-0.4, -0.2) is 46.5 Å². The van der Waals surface area contributed by atoms with E-state index < -0.39 is 31.8 Å². The molecule has 2 aliphatic heterocycles. The molecule has 2 aromatic rings. The van der Waals surface area contributed by atoms with Crippen LogP contribution < -0.4 is 8.85 Å². The number of nitrogens with one attached hydrogen (secondary N) is 2. The van der Waals surface area contributed by atoms with Gasteiger partial charge in [0.15, 0.2) is 0 Å². The molecule has 0 atom stereocenters. The zero-order chi connectivity index (χ0) is 20.4. The van der Waals surface area contributed by atoms with Crippen molar-refractivity contribution in [1.29, 1.82) is 0 Å². The number of rotatable bonds is 3. The van der Waals surface area contributed by atoms with Crippen molar-refractivity contribution in [1.82, 2.24) is 8.43 Å². The van der Waals surface area contributed by atoms with E-state index >= 15 is 0 Å². The van der Waals surface area contributed by atoms with E-state index in [1.807, 2.05) is 24.3 Å². The van der Waals surface area contributed by atoms with Crippen molar-refractivity contribution in [3.8, 4) is 0 Å². The first kappa shape index (κ1) is 20.4. The minimum absolute atomic E-state index is 0.487. The molecule has 4 rings (SSSR count). The normalized spacial score (nSPS) is 17.7. The van der Waals surface area contributed by atoms with Gasteiger partial charge in [0.25, 0.3) is 0 Å². The molecule has 0 aromatic heterocycles. The summed E-state index contributed by atoms with van der Waals surface area (Å²) in [6.07, 6.45) is -4.40. The topological polar surface area (TPSA) is 48.9 Å². The van der Waals surface area contributed by atoms with Gasteiger partial charge >= 0.3 is 175 Å². The van der Waals surface area contributed by atoms with E-state index in [2.05, 4.69) is 13.7 Å². The zero-order valence-corrected chi connectivity index (χ0v) is 18.0.